The predicted molar refractivity (Wildman–Crippen MR) is 83.8 cm³/mol. The normalized spacial score (nSPS) is 30.1. The Labute approximate surface area is 130 Å². The van der Waals surface area contributed by atoms with E-state index < -0.39 is 0 Å². The van der Waals surface area contributed by atoms with Gasteiger partial charge in [-0.15, -0.1) is 0 Å². The molecule has 2 aliphatic rings. The third-order valence-electron chi connectivity index (χ3n) is 4.76. The standard InChI is InChI=1S/C16H22ClN3O/c1-10-12(11(2)20-19-10)9-15(21)18-16(7-8-16)13-5-3-4-6-14(13)17/h3-6,10-12,19-20H,7-9H2,1-2H3,(H,18,21). The summed E-state index contributed by atoms with van der Waals surface area (Å²) < 4.78 is 0. The van der Waals surface area contributed by atoms with Crippen LogP contribution in [0.25, 0.3) is 0 Å². The smallest absolute Gasteiger partial charge is 0.221 e. The summed E-state index contributed by atoms with van der Waals surface area (Å²) in [6, 6.07) is 8.41. The molecule has 2 atom stereocenters. The van der Waals surface area contributed by atoms with E-state index in [-0.39, 0.29) is 11.4 Å². The van der Waals surface area contributed by atoms with Gasteiger partial charge < -0.3 is 5.32 Å². The number of halogens is 1. The van der Waals surface area contributed by atoms with Crippen molar-refractivity contribution in [2.45, 2.75) is 50.7 Å². The number of rotatable bonds is 4. The van der Waals surface area contributed by atoms with Gasteiger partial charge in [-0.1, -0.05) is 29.8 Å². The van der Waals surface area contributed by atoms with Crippen LogP contribution in [0.2, 0.25) is 5.02 Å². The molecule has 1 saturated carbocycles. The first kappa shape index (κ1) is 14.8. The van der Waals surface area contributed by atoms with Gasteiger partial charge in [0.15, 0.2) is 0 Å². The minimum absolute atomic E-state index is 0.113. The van der Waals surface area contributed by atoms with E-state index in [9.17, 15) is 4.79 Å². The molecular weight excluding hydrogens is 286 g/mol. The number of carbonyl (C=O) groups excluding carboxylic acids is 1. The third-order valence-corrected chi connectivity index (χ3v) is 5.09. The number of carbonyl (C=O) groups is 1. The molecule has 1 heterocycles. The van der Waals surface area contributed by atoms with Crippen LogP contribution in [0.3, 0.4) is 0 Å². The van der Waals surface area contributed by atoms with Crippen LogP contribution in [0.4, 0.5) is 0 Å². The highest BCUT2D eigenvalue weighted by molar-refractivity contribution is 6.31. The van der Waals surface area contributed by atoms with Crippen molar-refractivity contribution in [3.05, 3.63) is 34.9 Å². The van der Waals surface area contributed by atoms with Gasteiger partial charge in [-0.25, -0.2) is 0 Å². The fraction of sp³-hybridized carbons (Fsp3) is 0.562. The van der Waals surface area contributed by atoms with Crippen LogP contribution >= 0.6 is 11.6 Å². The molecular formula is C16H22ClN3O. The lowest BCUT2D eigenvalue weighted by Gasteiger charge is -2.22. The van der Waals surface area contributed by atoms with Crippen LogP contribution < -0.4 is 16.2 Å². The lowest BCUT2D eigenvalue weighted by molar-refractivity contribution is -0.123. The summed E-state index contributed by atoms with van der Waals surface area (Å²) in [6.07, 6.45) is 2.47. The molecule has 3 rings (SSSR count). The van der Waals surface area contributed by atoms with Crippen molar-refractivity contribution in [2.75, 3.05) is 0 Å². The molecule has 0 aromatic heterocycles. The summed E-state index contributed by atoms with van der Waals surface area (Å²) in [5.74, 6) is 0.425. The molecule has 3 N–H and O–H groups in total. The Morgan fingerprint density at radius 2 is 1.90 bits per heavy atom. The van der Waals surface area contributed by atoms with Gasteiger partial charge in [0.1, 0.15) is 0 Å². The zero-order chi connectivity index (χ0) is 15.0. The Kier molecular flexibility index (Phi) is 3.95. The first-order valence-corrected chi connectivity index (χ1v) is 7.97. The van der Waals surface area contributed by atoms with E-state index in [0.717, 1.165) is 23.4 Å². The van der Waals surface area contributed by atoms with Crippen LogP contribution in [0.1, 0.15) is 38.7 Å². The minimum Gasteiger partial charge on any atom is -0.347 e. The van der Waals surface area contributed by atoms with Crippen molar-refractivity contribution < 1.29 is 4.79 Å². The van der Waals surface area contributed by atoms with Crippen molar-refractivity contribution in [3.63, 3.8) is 0 Å². The molecule has 0 bridgehead atoms. The number of hydrogen-bond acceptors (Lipinski definition) is 3. The fourth-order valence-electron chi connectivity index (χ4n) is 3.23. The highest BCUT2D eigenvalue weighted by Crippen LogP contribution is 2.48. The second-order valence-electron chi connectivity index (χ2n) is 6.34. The zero-order valence-electron chi connectivity index (χ0n) is 12.4. The lowest BCUT2D eigenvalue weighted by atomic mass is 9.92. The summed E-state index contributed by atoms with van der Waals surface area (Å²) in [6.45, 7) is 4.21. The molecule has 5 heteroatoms. The second kappa shape index (κ2) is 5.59. The molecule has 2 fully saturated rings. The molecule has 0 spiro atoms. The molecule has 21 heavy (non-hydrogen) atoms. The summed E-state index contributed by atoms with van der Waals surface area (Å²) in [5.41, 5.74) is 7.20. The molecule has 1 aliphatic carbocycles. The minimum atomic E-state index is -0.235. The summed E-state index contributed by atoms with van der Waals surface area (Å²) in [4.78, 5) is 12.4. The van der Waals surface area contributed by atoms with E-state index in [0.29, 0.717) is 24.4 Å². The molecule has 1 aromatic rings. The molecule has 1 aliphatic heterocycles. The Bertz CT molecular complexity index is 534. The first-order chi connectivity index (χ1) is 10.0. The number of hydrogen-bond donors (Lipinski definition) is 3. The number of hydrazine groups is 1. The van der Waals surface area contributed by atoms with Crippen LogP contribution in [0, 0.1) is 5.92 Å². The van der Waals surface area contributed by atoms with E-state index in [4.69, 9.17) is 11.6 Å². The van der Waals surface area contributed by atoms with Gasteiger partial charge in [-0.2, -0.15) is 0 Å². The lowest BCUT2D eigenvalue weighted by Crippen LogP contribution is -2.38. The third kappa shape index (κ3) is 2.93. The summed E-state index contributed by atoms with van der Waals surface area (Å²) >= 11 is 6.28. The summed E-state index contributed by atoms with van der Waals surface area (Å²) in [5, 5.41) is 3.95. The zero-order valence-corrected chi connectivity index (χ0v) is 13.2. The van der Waals surface area contributed by atoms with Crippen molar-refractivity contribution in [3.8, 4) is 0 Å². The molecule has 4 nitrogen and oxygen atoms in total. The average Bonchev–Trinajstić information content (AvgIpc) is 3.16. The largest absolute Gasteiger partial charge is 0.347 e. The number of nitrogens with one attached hydrogen (secondary N) is 3. The number of benzene rings is 1. The maximum atomic E-state index is 12.4. The molecule has 114 valence electrons. The van der Waals surface area contributed by atoms with Gasteiger partial charge in [0.05, 0.1) is 5.54 Å². The van der Waals surface area contributed by atoms with Crippen LogP contribution in [0.15, 0.2) is 24.3 Å². The van der Waals surface area contributed by atoms with Crippen molar-refractivity contribution >= 4 is 17.5 Å². The Morgan fingerprint density at radius 3 is 2.48 bits per heavy atom. The monoisotopic (exact) mass is 307 g/mol. The van der Waals surface area contributed by atoms with Gasteiger partial charge in [0, 0.05) is 29.4 Å². The quantitative estimate of drug-likeness (QED) is 0.800. The maximum Gasteiger partial charge on any atom is 0.221 e. The SMILES string of the molecule is CC1NNC(C)C1CC(=O)NC1(c2ccccc2Cl)CC1. The van der Waals surface area contributed by atoms with E-state index in [1.807, 2.05) is 24.3 Å². The predicted octanol–water partition coefficient (Wildman–Crippen LogP) is 2.34. The van der Waals surface area contributed by atoms with Crippen LogP contribution in [-0.2, 0) is 10.3 Å². The van der Waals surface area contributed by atoms with E-state index in [2.05, 4.69) is 30.0 Å². The van der Waals surface area contributed by atoms with Crippen LogP contribution in [-0.4, -0.2) is 18.0 Å². The highest BCUT2D eigenvalue weighted by Gasteiger charge is 2.47. The van der Waals surface area contributed by atoms with Crippen LogP contribution in [0.5, 0.6) is 0 Å². The van der Waals surface area contributed by atoms with Gasteiger partial charge in [0.2, 0.25) is 5.91 Å². The highest BCUT2D eigenvalue weighted by atomic mass is 35.5. The van der Waals surface area contributed by atoms with E-state index in [1.165, 1.54) is 0 Å². The molecule has 0 radical (unpaired) electrons. The molecule has 2 unspecified atom stereocenters. The Morgan fingerprint density at radius 1 is 1.29 bits per heavy atom. The number of amides is 1. The van der Waals surface area contributed by atoms with Gasteiger partial charge in [-0.3, -0.25) is 15.6 Å². The maximum absolute atomic E-state index is 12.4. The average molecular weight is 308 g/mol. The molecule has 1 saturated heterocycles. The van der Waals surface area contributed by atoms with Crippen molar-refractivity contribution in [2.24, 2.45) is 5.92 Å². The van der Waals surface area contributed by atoms with Crippen molar-refractivity contribution in [1.29, 1.82) is 0 Å². The summed E-state index contributed by atoms with van der Waals surface area (Å²) in [7, 11) is 0. The van der Waals surface area contributed by atoms with Gasteiger partial charge in [-0.05, 0) is 38.3 Å². The van der Waals surface area contributed by atoms with Crippen molar-refractivity contribution in [1.82, 2.24) is 16.2 Å². The fourth-order valence-corrected chi connectivity index (χ4v) is 3.55. The van der Waals surface area contributed by atoms with E-state index in [1.54, 1.807) is 0 Å². The van der Waals surface area contributed by atoms with Gasteiger partial charge >= 0.3 is 0 Å². The van der Waals surface area contributed by atoms with Gasteiger partial charge in [0.25, 0.3) is 0 Å². The topological polar surface area (TPSA) is 53.2 Å². The molecule has 1 amide bonds. The van der Waals surface area contributed by atoms with E-state index >= 15 is 0 Å². The molecule has 1 aromatic carbocycles. The Hall–Kier alpha value is -1.10. The first-order valence-electron chi connectivity index (χ1n) is 7.59. The second-order valence-corrected chi connectivity index (χ2v) is 6.75. The Balaban J connectivity index is 1.66.